The van der Waals surface area contributed by atoms with Crippen LogP contribution in [0, 0.1) is 0 Å². The predicted molar refractivity (Wildman–Crippen MR) is 113 cm³/mol. The Morgan fingerprint density at radius 3 is 2.63 bits per heavy atom. The molecule has 0 radical (unpaired) electrons. The molecule has 2 aromatic heterocycles. The van der Waals surface area contributed by atoms with Gasteiger partial charge in [0.1, 0.15) is 5.69 Å². The van der Waals surface area contributed by atoms with Crippen LogP contribution in [0.5, 0.6) is 0 Å². The van der Waals surface area contributed by atoms with E-state index in [1.54, 1.807) is 0 Å². The molecule has 154 valence electrons. The number of nitrogens with zero attached hydrogens (tertiary/aromatic N) is 4. The van der Waals surface area contributed by atoms with Crippen molar-refractivity contribution in [2.75, 3.05) is 18.4 Å². The number of aromatic nitrogens is 3. The number of piperidine rings is 1. The molecule has 3 heterocycles. The number of pyridine rings is 1. The Morgan fingerprint density at radius 1 is 1.00 bits per heavy atom. The minimum atomic E-state index is -0.0656. The lowest BCUT2D eigenvalue weighted by Crippen LogP contribution is -2.40. The Bertz CT molecular complexity index is 1030. The maximum Gasteiger partial charge on any atom is 0.321 e. The van der Waals surface area contributed by atoms with Crippen LogP contribution in [-0.4, -0.2) is 39.1 Å². The molecular weight excluding hydrogens is 378 g/mol. The number of benzene rings is 1. The van der Waals surface area contributed by atoms with Crippen molar-refractivity contribution >= 4 is 11.7 Å². The molecule has 0 atom stereocenters. The number of likely N-dealkylation sites (tertiary alicyclic amines) is 1. The number of hydrogen-bond donors (Lipinski definition) is 1. The zero-order chi connectivity index (χ0) is 20.3. The van der Waals surface area contributed by atoms with E-state index >= 15 is 0 Å². The van der Waals surface area contributed by atoms with Gasteiger partial charge in [-0.2, -0.15) is 4.98 Å². The highest BCUT2D eigenvalue weighted by Crippen LogP contribution is 2.29. The molecule has 1 saturated heterocycles. The first-order valence-corrected chi connectivity index (χ1v) is 10.7. The Labute approximate surface area is 175 Å². The number of rotatable bonds is 3. The lowest BCUT2D eigenvalue weighted by molar-refractivity contribution is 0.187. The molecule has 3 aromatic rings. The number of nitrogens with one attached hydrogen (secondary N) is 1. The van der Waals surface area contributed by atoms with Crippen LogP contribution >= 0.6 is 0 Å². The smallest absolute Gasteiger partial charge is 0.321 e. The lowest BCUT2D eigenvalue weighted by Gasteiger charge is -2.30. The molecule has 1 aliphatic heterocycles. The van der Waals surface area contributed by atoms with E-state index in [1.165, 1.54) is 24.1 Å². The summed E-state index contributed by atoms with van der Waals surface area (Å²) in [7, 11) is 0. The molecular formula is C23H25N5O2. The Morgan fingerprint density at radius 2 is 1.80 bits per heavy atom. The minimum absolute atomic E-state index is 0.0656. The van der Waals surface area contributed by atoms with Gasteiger partial charge in [-0.25, -0.2) is 9.78 Å². The Kier molecular flexibility index (Phi) is 5.17. The van der Waals surface area contributed by atoms with Crippen LogP contribution in [0.4, 0.5) is 10.5 Å². The monoisotopic (exact) mass is 403 g/mol. The average molecular weight is 403 g/mol. The van der Waals surface area contributed by atoms with Crippen LogP contribution < -0.4 is 5.32 Å². The molecule has 1 N–H and O–H groups in total. The number of aryl methyl sites for hydroxylation is 2. The van der Waals surface area contributed by atoms with Gasteiger partial charge in [-0.15, -0.1) is 0 Å². The van der Waals surface area contributed by atoms with Gasteiger partial charge in [-0.05, 0) is 62.3 Å². The van der Waals surface area contributed by atoms with Crippen LogP contribution in [0.1, 0.15) is 48.7 Å². The van der Waals surface area contributed by atoms with Crippen molar-refractivity contribution < 1.29 is 9.32 Å². The van der Waals surface area contributed by atoms with Gasteiger partial charge in [0.2, 0.25) is 11.7 Å². The third kappa shape index (κ3) is 3.92. The summed E-state index contributed by atoms with van der Waals surface area (Å²) in [6.45, 7) is 1.33. The Hall–Kier alpha value is -3.22. The highest BCUT2D eigenvalue weighted by molar-refractivity contribution is 5.89. The fourth-order valence-electron chi connectivity index (χ4n) is 4.27. The second-order valence-electron chi connectivity index (χ2n) is 8.02. The fraction of sp³-hybridized carbons (Fsp3) is 0.391. The molecule has 1 aliphatic carbocycles. The van der Waals surface area contributed by atoms with Gasteiger partial charge in [0.15, 0.2) is 0 Å². The largest absolute Gasteiger partial charge is 0.339 e. The number of carbonyl (C=O) groups excluding carboxylic acids is 1. The number of fused-ring (bicyclic) bond motifs is 1. The normalized spacial score (nSPS) is 16.9. The van der Waals surface area contributed by atoms with Crippen molar-refractivity contribution in [3.05, 3.63) is 59.6 Å². The van der Waals surface area contributed by atoms with E-state index < -0.39 is 0 Å². The zero-order valence-electron chi connectivity index (χ0n) is 16.9. The van der Waals surface area contributed by atoms with Gasteiger partial charge < -0.3 is 14.7 Å². The van der Waals surface area contributed by atoms with Crippen LogP contribution in [0.3, 0.4) is 0 Å². The summed E-state index contributed by atoms with van der Waals surface area (Å²) < 4.78 is 5.57. The van der Waals surface area contributed by atoms with Gasteiger partial charge in [0.25, 0.3) is 0 Å². The van der Waals surface area contributed by atoms with E-state index in [4.69, 9.17) is 9.51 Å². The average Bonchev–Trinajstić information content (AvgIpc) is 3.30. The van der Waals surface area contributed by atoms with Crippen molar-refractivity contribution in [3.8, 4) is 11.5 Å². The molecule has 7 heteroatoms. The number of hydrogen-bond acceptors (Lipinski definition) is 5. The maximum atomic E-state index is 12.5. The fourth-order valence-corrected chi connectivity index (χ4v) is 4.27. The summed E-state index contributed by atoms with van der Waals surface area (Å²) in [5, 5.41) is 7.12. The molecule has 1 fully saturated rings. The van der Waals surface area contributed by atoms with Crippen molar-refractivity contribution in [1.29, 1.82) is 0 Å². The third-order valence-corrected chi connectivity index (χ3v) is 6.01. The van der Waals surface area contributed by atoms with Gasteiger partial charge in [0.05, 0.1) is 0 Å². The maximum absolute atomic E-state index is 12.5. The molecule has 2 amide bonds. The van der Waals surface area contributed by atoms with E-state index in [-0.39, 0.29) is 11.9 Å². The third-order valence-electron chi connectivity index (χ3n) is 6.01. The quantitative estimate of drug-likeness (QED) is 0.700. The molecule has 30 heavy (non-hydrogen) atoms. The summed E-state index contributed by atoms with van der Waals surface area (Å²) in [4.78, 5) is 23.7. The molecule has 0 spiro atoms. The van der Waals surface area contributed by atoms with Crippen LogP contribution in [0.2, 0.25) is 0 Å². The van der Waals surface area contributed by atoms with Gasteiger partial charge in [-0.3, -0.25) is 0 Å². The number of carbonyl (C=O) groups is 1. The molecule has 7 nitrogen and oxygen atoms in total. The van der Waals surface area contributed by atoms with E-state index in [0.717, 1.165) is 37.1 Å². The molecule has 0 saturated carbocycles. The second kappa shape index (κ2) is 8.26. The summed E-state index contributed by atoms with van der Waals surface area (Å²) in [6.07, 6.45) is 6.18. The molecule has 0 bridgehead atoms. The number of anilines is 1. The summed E-state index contributed by atoms with van der Waals surface area (Å²) in [6, 6.07) is 13.6. The summed E-state index contributed by atoms with van der Waals surface area (Å²) >= 11 is 0. The number of amides is 2. The van der Waals surface area contributed by atoms with E-state index in [0.29, 0.717) is 24.8 Å². The first-order chi connectivity index (χ1) is 14.8. The second-order valence-corrected chi connectivity index (χ2v) is 8.02. The first kappa shape index (κ1) is 18.8. The minimum Gasteiger partial charge on any atom is -0.339 e. The van der Waals surface area contributed by atoms with Gasteiger partial charge >= 0.3 is 6.03 Å². The SMILES string of the molecule is O=C(Nc1ccccc1)N1CCC(c2nc(-c3ccc4c(n3)CCCC4)no2)CC1. The lowest BCUT2D eigenvalue weighted by atomic mass is 9.96. The van der Waals surface area contributed by atoms with E-state index in [2.05, 4.69) is 21.5 Å². The molecule has 0 unspecified atom stereocenters. The van der Waals surface area contributed by atoms with Crippen LogP contribution in [0.15, 0.2) is 47.0 Å². The van der Waals surface area contributed by atoms with Crippen molar-refractivity contribution in [2.24, 2.45) is 0 Å². The number of urea groups is 1. The standard InChI is InChI=1S/C23H25N5O2/c29-23(24-18-7-2-1-3-8-18)28-14-12-17(13-15-28)22-26-21(27-30-22)20-11-10-16-6-4-5-9-19(16)25-20/h1-3,7-8,10-11,17H,4-6,9,12-15H2,(H,24,29). The first-order valence-electron chi connectivity index (χ1n) is 10.7. The highest BCUT2D eigenvalue weighted by atomic mass is 16.5. The van der Waals surface area contributed by atoms with E-state index in [9.17, 15) is 4.79 Å². The van der Waals surface area contributed by atoms with Crippen molar-refractivity contribution in [2.45, 2.75) is 44.4 Å². The number of para-hydroxylation sites is 1. The van der Waals surface area contributed by atoms with Gasteiger partial charge in [-0.1, -0.05) is 29.4 Å². The predicted octanol–water partition coefficient (Wildman–Crippen LogP) is 4.42. The van der Waals surface area contributed by atoms with Crippen molar-refractivity contribution in [3.63, 3.8) is 0 Å². The Balaban J connectivity index is 1.21. The zero-order valence-corrected chi connectivity index (χ0v) is 16.9. The topological polar surface area (TPSA) is 84.2 Å². The molecule has 1 aromatic carbocycles. The highest BCUT2D eigenvalue weighted by Gasteiger charge is 2.28. The van der Waals surface area contributed by atoms with Crippen LogP contribution in [-0.2, 0) is 12.8 Å². The summed E-state index contributed by atoms with van der Waals surface area (Å²) in [5.41, 5.74) is 4.10. The molecule has 2 aliphatic rings. The van der Waals surface area contributed by atoms with E-state index in [1.807, 2.05) is 41.3 Å². The summed E-state index contributed by atoms with van der Waals surface area (Å²) in [5.74, 6) is 1.37. The van der Waals surface area contributed by atoms with Gasteiger partial charge in [0, 0.05) is 30.4 Å². The van der Waals surface area contributed by atoms with Crippen molar-refractivity contribution in [1.82, 2.24) is 20.0 Å². The molecule has 5 rings (SSSR count). The van der Waals surface area contributed by atoms with Crippen LogP contribution in [0.25, 0.3) is 11.5 Å².